The maximum atomic E-state index is 11.7. The van der Waals surface area contributed by atoms with Gasteiger partial charge in [-0.05, 0) is 55.3 Å². The van der Waals surface area contributed by atoms with Crippen LogP contribution in [0, 0.1) is 13.8 Å². The van der Waals surface area contributed by atoms with Crippen LogP contribution in [-0.2, 0) is 22.6 Å². The smallest absolute Gasteiger partial charge is 0.310 e. The molecule has 3 aromatic rings. The monoisotopic (exact) mass is 356 g/mol. The molecule has 2 aromatic heterocycles. The van der Waals surface area contributed by atoms with Gasteiger partial charge in [0.2, 0.25) is 0 Å². The number of benzene rings is 1. The fourth-order valence-electron chi connectivity index (χ4n) is 2.57. The van der Waals surface area contributed by atoms with Gasteiger partial charge in [-0.25, -0.2) is 0 Å². The van der Waals surface area contributed by atoms with Crippen LogP contribution in [-0.4, -0.2) is 22.5 Å². The Kier molecular flexibility index (Phi) is 5.28. The molecule has 0 N–H and O–H groups in total. The number of fused-ring (bicyclic) bond motifs is 1. The van der Waals surface area contributed by atoms with Crippen molar-refractivity contribution in [2.45, 2.75) is 33.8 Å². The summed E-state index contributed by atoms with van der Waals surface area (Å²) in [5.74, 6) is 0.578. The van der Waals surface area contributed by atoms with Crippen molar-refractivity contribution in [3.63, 3.8) is 0 Å². The number of aromatic nitrogens is 2. The molecule has 0 radical (unpaired) electrons. The van der Waals surface area contributed by atoms with E-state index < -0.39 is 0 Å². The van der Waals surface area contributed by atoms with Crippen LogP contribution in [0.5, 0.6) is 5.75 Å². The van der Waals surface area contributed by atoms with Gasteiger partial charge in [0, 0.05) is 10.9 Å². The number of hydrogen-bond acceptors (Lipinski definition) is 6. The molecule has 5 nitrogen and oxygen atoms in total. The fourth-order valence-corrected chi connectivity index (χ4v) is 3.56. The van der Waals surface area contributed by atoms with Gasteiger partial charge in [-0.3, -0.25) is 14.8 Å². The number of thiophene rings is 1. The van der Waals surface area contributed by atoms with Gasteiger partial charge in [0.05, 0.1) is 30.1 Å². The Morgan fingerprint density at radius 3 is 2.88 bits per heavy atom. The highest BCUT2D eigenvalue weighted by molar-refractivity contribution is 7.17. The molecule has 0 aliphatic rings. The molecule has 0 unspecified atom stereocenters. The number of rotatable bonds is 6. The molecule has 0 amide bonds. The molecule has 0 bridgehead atoms. The van der Waals surface area contributed by atoms with Gasteiger partial charge in [0.15, 0.2) is 0 Å². The first-order valence-electron chi connectivity index (χ1n) is 8.14. The van der Waals surface area contributed by atoms with Crippen LogP contribution < -0.4 is 4.74 Å². The van der Waals surface area contributed by atoms with E-state index in [1.54, 1.807) is 17.5 Å². The first kappa shape index (κ1) is 17.4. The summed E-state index contributed by atoms with van der Waals surface area (Å²) in [6.07, 6.45) is 2.04. The van der Waals surface area contributed by atoms with E-state index in [2.05, 4.69) is 9.97 Å². The Bertz CT molecular complexity index is 905. The van der Waals surface area contributed by atoms with Crippen molar-refractivity contribution in [3.05, 3.63) is 52.4 Å². The van der Waals surface area contributed by atoms with Crippen molar-refractivity contribution in [1.29, 1.82) is 0 Å². The summed E-state index contributed by atoms with van der Waals surface area (Å²) in [6.45, 7) is 6.45. The lowest BCUT2D eigenvalue weighted by Crippen LogP contribution is -2.06. The van der Waals surface area contributed by atoms with Crippen LogP contribution >= 0.6 is 11.3 Å². The Morgan fingerprint density at radius 1 is 1.28 bits per heavy atom. The molecule has 6 heteroatoms. The summed E-state index contributed by atoms with van der Waals surface area (Å²) < 4.78 is 12.0. The van der Waals surface area contributed by atoms with E-state index >= 15 is 0 Å². The number of nitrogens with zero attached hydrogens (tertiary/aromatic N) is 2. The standard InChI is InChI=1S/C19H20N2O3S/c1-4-23-19(22)7-14-11-25-18-8-15(5-6-16(14)18)24-10-17-13(3)21-12(2)9-20-17/h5-6,8-9,11H,4,7,10H2,1-3H3. The number of aryl methyl sites for hydroxylation is 2. The summed E-state index contributed by atoms with van der Waals surface area (Å²) in [4.78, 5) is 20.5. The van der Waals surface area contributed by atoms with Crippen LogP contribution in [0.25, 0.3) is 10.1 Å². The molecular weight excluding hydrogens is 336 g/mol. The Hall–Kier alpha value is -2.47. The zero-order valence-corrected chi connectivity index (χ0v) is 15.4. The van der Waals surface area contributed by atoms with Gasteiger partial charge >= 0.3 is 5.97 Å². The predicted molar refractivity (Wildman–Crippen MR) is 98.0 cm³/mol. The number of hydrogen-bond donors (Lipinski definition) is 0. The van der Waals surface area contributed by atoms with E-state index in [1.807, 2.05) is 44.4 Å². The maximum absolute atomic E-state index is 11.7. The predicted octanol–water partition coefficient (Wildman–Crippen LogP) is 3.99. The highest BCUT2D eigenvalue weighted by atomic mass is 32.1. The lowest BCUT2D eigenvalue weighted by atomic mass is 10.1. The normalized spacial score (nSPS) is 10.8. The topological polar surface area (TPSA) is 61.3 Å². The minimum atomic E-state index is -0.198. The van der Waals surface area contributed by atoms with Gasteiger partial charge in [0.25, 0.3) is 0 Å². The average molecular weight is 356 g/mol. The zero-order chi connectivity index (χ0) is 17.8. The molecule has 2 heterocycles. The third-order valence-electron chi connectivity index (χ3n) is 3.81. The summed E-state index contributed by atoms with van der Waals surface area (Å²) >= 11 is 1.60. The maximum Gasteiger partial charge on any atom is 0.310 e. The Balaban J connectivity index is 1.72. The minimum Gasteiger partial charge on any atom is -0.487 e. The molecule has 0 aliphatic heterocycles. The molecule has 0 atom stereocenters. The van der Waals surface area contributed by atoms with E-state index in [1.165, 1.54) is 0 Å². The van der Waals surface area contributed by atoms with Gasteiger partial charge in [-0.2, -0.15) is 0 Å². The third kappa shape index (κ3) is 4.14. The van der Waals surface area contributed by atoms with Crippen LogP contribution in [0.3, 0.4) is 0 Å². The van der Waals surface area contributed by atoms with Crippen LogP contribution in [0.4, 0.5) is 0 Å². The van der Waals surface area contributed by atoms with E-state index in [-0.39, 0.29) is 5.97 Å². The van der Waals surface area contributed by atoms with Gasteiger partial charge in [-0.1, -0.05) is 0 Å². The summed E-state index contributed by atoms with van der Waals surface area (Å²) in [5.41, 5.74) is 3.61. The van der Waals surface area contributed by atoms with E-state index in [9.17, 15) is 4.79 Å². The second-order valence-electron chi connectivity index (χ2n) is 5.73. The largest absolute Gasteiger partial charge is 0.487 e. The van der Waals surface area contributed by atoms with Gasteiger partial charge < -0.3 is 9.47 Å². The Labute approximate surface area is 150 Å². The molecule has 130 valence electrons. The average Bonchev–Trinajstić information content (AvgIpc) is 2.96. The van der Waals surface area contributed by atoms with Crippen molar-refractivity contribution in [3.8, 4) is 5.75 Å². The molecular formula is C19H20N2O3S. The molecule has 0 aliphatic carbocycles. The number of esters is 1. The second kappa shape index (κ2) is 7.61. The summed E-state index contributed by atoms with van der Waals surface area (Å²) in [5, 5.41) is 3.07. The lowest BCUT2D eigenvalue weighted by Gasteiger charge is -2.08. The van der Waals surface area contributed by atoms with Crippen molar-refractivity contribution in [2.75, 3.05) is 6.61 Å². The summed E-state index contributed by atoms with van der Waals surface area (Å²) in [6, 6.07) is 5.90. The highest BCUT2D eigenvalue weighted by Gasteiger charge is 2.11. The molecule has 3 rings (SSSR count). The molecule has 0 saturated carbocycles. The summed E-state index contributed by atoms with van der Waals surface area (Å²) in [7, 11) is 0. The van der Waals surface area contributed by atoms with Gasteiger partial charge in [-0.15, -0.1) is 11.3 Å². The van der Waals surface area contributed by atoms with Gasteiger partial charge in [0.1, 0.15) is 12.4 Å². The van der Waals surface area contributed by atoms with E-state index in [0.717, 1.165) is 38.5 Å². The van der Waals surface area contributed by atoms with Crippen molar-refractivity contribution >= 4 is 27.4 Å². The number of ether oxygens (including phenoxy) is 2. The first-order chi connectivity index (χ1) is 12.1. The highest BCUT2D eigenvalue weighted by Crippen LogP contribution is 2.30. The Morgan fingerprint density at radius 2 is 2.12 bits per heavy atom. The third-order valence-corrected chi connectivity index (χ3v) is 4.81. The lowest BCUT2D eigenvalue weighted by molar-refractivity contribution is -0.142. The molecule has 1 aromatic carbocycles. The number of carbonyl (C=O) groups is 1. The molecule has 0 fully saturated rings. The zero-order valence-electron chi connectivity index (χ0n) is 14.5. The molecule has 0 spiro atoms. The van der Waals surface area contributed by atoms with Crippen molar-refractivity contribution in [2.24, 2.45) is 0 Å². The molecule has 25 heavy (non-hydrogen) atoms. The van der Waals surface area contributed by atoms with E-state index in [4.69, 9.17) is 9.47 Å². The number of carbonyl (C=O) groups excluding carboxylic acids is 1. The van der Waals surface area contributed by atoms with E-state index in [0.29, 0.717) is 19.6 Å². The fraction of sp³-hybridized carbons (Fsp3) is 0.316. The van der Waals surface area contributed by atoms with Crippen LogP contribution in [0.1, 0.15) is 29.6 Å². The van der Waals surface area contributed by atoms with Crippen LogP contribution in [0.2, 0.25) is 0 Å². The first-order valence-corrected chi connectivity index (χ1v) is 9.02. The molecule has 0 saturated heterocycles. The second-order valence-corrected chi connectivity index (χ2v) is 6.64. The quantitative estimate of drug-likeness (QED) is 0.625. The van der Waals surface area contributed by atoms with Crippen molar-refractivity contribution < 1.29 is 14.3 Å². The van der Waals surface area contributed by atoms with Crippen molar-refractivity contribution in [1.82, 2.24) is 9.97 Å². The minimum absolute atomic E-state index is 0.198. The SMILES string of the molecule is CCOC(=O)Cc1csc2cc(OCc3ncc(C)nc3C)ccc12. The van der Waals surface area contributed by atoms with Crippen LogP contribution in [0.15, 0.2) is 29.8 Å².